The molecule has 17 nitrogen and oxygen atoms in total. The topological polar surface area (TPSA) is 237 Å². The molecule has 92 heavy (non-hydrogen) atoms. The Hall–Kier alpha value is -1.94. The van der Waals surface area contributed by atoms with E-state index in [1.807, 2.05) is 0 Å². The molecule has 0 aromatic carbocycles. The highest BCUT2D eigenvalue weighted by molar-refractivity contribution is 7.47. The van der Waals surface area contributed by atoms with E-state index in [0.29, 0.717) is 25.7 Å². The summed E-state index contributed by atoms with van der Waals surface area (Å²) in [5.74, 6) is -0.502. The number of phosphoric acid groups is 2. The number of carbonyl (C=O) groups excluding carboxylic acids is 4. The van der Waals surface area contributed by atoms with Crippen LogP contribution in [-0.4, -0.2) is 96.7 Å². The van der Waals surface area contributed by atoms with E-state index >= 15 is 0 Å². The van der Waals surface area contributed by atoms with Gasteiger partial charge in [-0.1, -0.05) is 324 Å². The number of carbonyl (C=O) groups is 4. The lowest BCUT2D eigenvalue weighted by atomic mass is 9.99. The normalized spacial score (nSPS) is 14.4. The third-order valence-corrected chi connectivity index (χ3v) is 19.2. The van der Waals surface area contributed by atoms with Crippen molar-refractivity contribution in [2.75, 3.05) is 39.6 Å². The molecule has 0 heterocycles. The van der Waals surface area contributed by atoms with E-state index in [2.05, 4.69) is 41.5 Å². The molecule has 0 aromatic heterocycles. The minimum Gasteiger partial charge on any atom is -0.462 e. The zero-order valence-corrected chi connectivity index (χ0v) is 61.6. The second kappa shape index (κ2) is 65.0. The van der Waals surface area contributed by atoms with E-state index in [-0.39, 0.29) is 25.7 Å². The maximum atomic E-state index is 13.1. The molecular weight excluding hydrogens is 1210 g/mol. The van der Waals surface area contributed by atoms with Crippen LogP contribution in [0, 0.1) is 11.8 Å². The van der Waals surface area contributed by atoms with Crippen LogP contribution in [0.25, 0.3) is 0 Å². The molecule has 0 fully saturated rings. The number of hydrogen-bond donors (Lipinski definition) is 3. The van der Waals surface area contributed by atoms with Crippen molar-refractivity contribution < 1.29 is 80.2 Å². The van der Waals surface area contributed by atoms with Crippen molar-refractivity contribution >= 4 is 39.5 Å². The summed E-state index contributed by atoms with van der Waals surface area (Å²) in [7, 11) is -9.89. The molecular formula is C73H142O17P2. The van der Waals surface area contributed by atoms with Crippen molar-refractivity contribution in [3.63, 3.8) is 0 Å². The second-order valence-corrected chi connectivity index (χ2v) is 30.0. The van der Waals surface area contributed by atoms with E-state index in [1.54, 1.807) is 0 Å². The Labute approximate surface area is 562 Å². The molecule has 0 amide bonds. The quantitative estimate of drug-likeness (QED) is 0.0222. The fourth-order valence-corrected chi connectivity index (χ4v) is 12.7. The van der Waals surface area contributed by atoms with Gasteiger partial charge in [0, 0.05) is 25.7 Å². The van der Waals surface area contributed by atoms with Gasteiger partial charge in [0.05, 0.1) is 26.4 Å². The van der Waals surface area contributed by atoms with Crippen LogP contribution in [0.3, 0.4) is 0 Å². The van der Waals surface area contributed by atoms with Gasteiger partial charge in [0.1, 0.15) is 19.3 Å². The van der Waals surface area contributed by atoms with Gasteiger partial charge in [-0.2, -0.15) is 0 Å². The van der Waals surface area contributed by atoms with Gasteiger partial charge in [0.15, 0.2) is 12.2 Å². The Morgan fingerprint density at radius 3 is 0.826 bits per heavy atom. The van der Waals surface area contributed by atoms with Crippen molar-refractivity contribution in [3.8, 4) is 0 Å². The molecule has 3 N–H and O–H groups in total. The van der Waals surface area contributed by atoms with Crippen molar-refractivity contribution in [1.29, 1.82) is 0 Å². The summed E-state index contributed by atoms with van der Waals surface area (Å²) in [6.45, 7) is 9.54. The summed E-state index contributed by atoms with van der Waals surface area (Å²) in [5.41, 5.74) is 0. The lowest BCUT2D eigenvalue weighted by molar-refractivity contribution is -0.161. The Bertz CT molecular complexity index is 1790. The standard InChI is InChI=1S/C73H142O17P2/c1-7-10-12-14-15-16-17-27-34-39-45-51-57-72(77)89-68(61-83-70(75)55-49-41-13-11-8-2)63-87-91(79,80)85-59-67(74)60-86-92(81,82)88-64-69(62-84-71(76)56-50-44-38-33-30-29-31-36-42-47-53-65(4)5)90-73(78)58-52-46-40-35-28-25-23-21-19-18-20-22-24-26-32-37-43-48-54-66(6)9-3/h65-69,74H,7-64H2,1-6H3,(H,79,80)(H,81,82)/t66?,67-,68+,69+/m0/s1. The molecule has 0 aliphatic carbocycles. The first-order valence-electron chi connectivity index (χ1n) is 38.0. The maximum Gasteiger partial charge on any atom is 0.472 e. The molecule has 0 spiro atoms. The summed E-state index contributed by atoms with van der Waals surface area (Å²) >= 11 is 0. The Morgan fingerprint density at radius 2 is 0.554 bits per heavy atom. The highest BCUT2D eigenvalue weighted by Gasteiger charge is 2.30. The molecule has 0 aromatic rings. The summed E-state index contributed by atoms with van der Waals surface area (Å²) in [6, 6.07) is 0. The number of ether oxygens (including phenoxy) is 4. The van der Waals surface area contributed by atoms with Crippen LogP contribution in [0.2, 0.25) is 0 Å². The Morgan fingerprint density at radius 1 is 0.315 bits per heavy atom. The second-order valence-electron chi connectivity index (χ2n) is 27.1. The van der Waals surface area contributed by atoms with Crippen molar-refractivity contribution in [3.05, 3.63) is 0 Å². The average molecular weight is 1350 g/mol. The third kappa shape index (κ3) is 65.4. The lowest BCUT2D eigenvalue weighted by Crippen LogP contribution is -2.30. The molecule has 0 aliphatic heterocycles. The zero-order valence-electron chi connectivity index (χ0n) is 59.9. The molecule has 3 unspecified atom stereocenters. The van der Waals surface area contributed by atoms with Crippen molar-refractivity contribution in [1.82, 2.24) is 0 Å². The zero-order chi connectivity index (χ0) is 67.9. The molecule has 0 saturated heterocycles. The number of aliphatic hydroxyl groups is 1. The number of unbranched alkanes of at least 4 members (excludes halogenated alkanes) is 41. The smallest absolute Gasteiger partial charge is 0.462 e. The predicted molar refractivity (Wildman–Crippen MR) is 372 cm³/mol. The van der Waals surface area contributed by atoms with E-state index in [0.717, 1.165) is 108 Å². The molecule has 0 aliphatic rings. The number of aliphatic hydroxyl groups excluding tert-OH is 1. The summed E-state index contributed by atoms with van der Waals surface area (Å²) in [5, 5.41) is 10.6. The number of rotatable bonds is 72. The monoisotopic (exact) mass is 1350 g/mol. The van der Waals surface area contributed by atoms with Crippen LogP contribution < -0.4 is 0 Å². The highest BCUT2D eigenvalue weighted by Crippen LogP contribution is 2.45. The van der Waals surface area contributed by atoms with Gasteiger partial charge in [0.2, 0.25) is 0 Å². The molecule has 0 bridgehead atoms. The van der Waals surface area contributed by atoms with Crippen molar-refractivity contribution in [2.24, 2.45) is 11.8 Å². The average Bonchev–Trinajstić information content (AvgIpc) is 1.47. The van der Waals surface area contributed by atoms with Crippen LogP contribution in [0.15, 0.2) is 0 Å². The van der Waals surface area contributed by atoms with E-state index in [1.165, 1.54) is 186 Å². The number of phosphoric ester groups is 2. The fourth-order valence-electron chi connectivity index (χ4n) is 11.1. The van der Waals surface area contributed by atoms with Gasteiger partial charge in [-0.25, -0.2) is 9.13 Å². The first-order valence-corrected chi connectivity index (χ1v) is 41.0. The van der Waals surface area contributed by atoms with Crippen LogP contribution in [0.1, 0.15) is 375 Å². The third-order valence-electron chi connectivity index (χ3n) is 17.3. The molecule has 0 saturated carbocycles. The predicted octanol–water partition coefficient (Wildman–Crippen LogP) is 21.2. The first kappa shape index (κ1) is 90.1. The van der Waals surface area contributed by atoms with E-state index < -0.39 is 97.5 Å². The lowest BCUT2D eigenvalue weighted by Gasteiger charge is -2.21. The largest absolute Gasteiger partial charge is 0.472 e. The van der Waals surface area contributed by atoms with Crippen LogP contribution in [-0.2, 0) is 65.4 Å². The number of hydrogen-bond acceptors (Lipinski definition) is 15. The highest BCUT2D eigenvalue weighted by atomic mass is 31.2. The van der Waals surface area contributed by atoms with Crippen LogP contribution >= 0.6 is 15.6 Å². The maximum absolute atomic E-state index is 13.1. The van der Waals surface area contributed by atoms with Crippen LogP contribution in [0.4, 0.5) is 0 Å². The fraction of sp³-hybridized carbons (Fsp3) is 0.945. The minimum atomic E-state index is -4.95. The SMILES string of the molecule is CCCCCCCCCCCCCCC(=O)O[C@H](COC(=O)CCCCCCC)COP(=O)(O)OC[C@H](O)COP(=O)(O)OC[C@@H](COC(=O)CCCCCCCCCCCCC(C)C)OC(=O)CCCCCCCCCCCCCCCCCCCCC(C)CC. The molecule has 19 heteroatoms. The van der Waals surface area contributed by atoms with Gasteiger partial charge in [-0.05, 0) is 37.5 Å². The molecule has 0 rings (SSSR count). The van der Waals surface area contributed by atoms with Crippen LogP contribution in [0.5, 0.6) is 0 Å². The number of esters is 4. The van der Waals surface area contributed by atoms with E-state index in [4.69, 9.17) is 37.0 Å². The molecule has 546 valence electrons. The summed E-state index contributed by atoms with van der Waals surface area (Å²) in [4.78, 5) is 72.3. The Kier molecular flexibility index (Phi) is 63.7. The molecule has 0 radical (unpaired) electrons. The summed E-state index contributed by atoms with van der Waals surface area (Å²) in [6.07, 6.45) is 51.7. The van der Waals surface area contributed by atoms with E-state index in [9.17, 15) is 43.2 Å². The van der Waals surface area contributed by atoms with Gasteiger partial charge in [0.25, 0.3) is 0 Å². The van der Waals surface area contributed by atoms with Gasteiger partial charge < -0.3 is 33.8 Å². The van der Waals surface area contributed by atoms with Crippen molar-refractivity contribution in [2.45, 2.75) is 394 Å². The molecule has 6 atom stereocenters. The van der Waals surface area contributed by atoms with Gasteiger partial charge in [-0.3, -0.25) is 37.3 Å². The minimum absolute atomic E-state index is 0.106. The van der Waals surface area contributed by atoms with Gasteiger partial charge >= 0.3 is 39.5 Å². The Balaban J connectivity index is 5.10. The van der Waals surface area contributed by atoms with Gasteiger partial charge in [-0.15, -0.1) is 0 Å². The summed E-state index contributed by atoms with van der Waals surface area (Å²) < 4.78 is 68.1. The first-order chi connectivity index (χ1) is 44.4.